The van der Waals surface area contributed by atoms with Crippen molar-refractivity contribution in [2.45, 2.75) is 56.5 Å². The van der Waals surface area contributed by atoms with Gasteiger partial charge in [0, 0.05) is 0 Å². The van der Waals surface area contributed by atoms with Crippen LogP contribution in [0.5, 0.6) is 0 Å². The first kappa shape index (κ1) is 12.9. The minimum absolute atomic E-state index is 0.0427. The van der Waals surface area contributed by atoms with Crippen molar-refractivity contribution >= 4 is 11.8 Å². The molecule has 0 bridgehead atoms. The summed E-state index contributed by atoms with van der Waals surface area (Å²) in [4.78, 5) is 26.9. The molecule has 1 unspecified atom stereocenters. The van der Waals surface area contributed by atoms with Crippen LogP contribution in [0.25, 0.3) is 0 Å². The van der Waals surface area contributed by atoms with Gasteiger partial charge in [0.15, 0.2) is 0 Å². The van der Waals surface area contributed by atoms with Crippen LogP contribution >= 0.6 is 0 Å². The Hall–Kier alpha value is -1.13. The summed E-state index contributed by atoms with van der Waals surface area (Å²) in [6.45, 7) is 1.26. The zero-order valence-corrected chi connectivity index (χ0v) is 11.4. The average molecular weight is 268 g/mol. The molecule has 1 atom stereocenters. The number of amides is 2. The van der Waals surface area contributed by atoms with Crippen molar-refractivity contribution in [2.75, 3.05) is 13.2 Å². The molecule has 1 heterocycles. The van der Waals surface area contributed by atoms with Gasteiger partial charge in [-0.05, 0) is 38.5 Å². The van der Waals surface area contributed by atoms with Crippen LogP contribution in [0.2, 0.25) is 0 Å². The van der Waals surface area contributed by atoms with E-state index in [1.165, 1.54) is 4.90 Å². The monoisotopic (exact) mass is 268 g/mol. The molecule has 0 aromatic rings. The molecule has 1 aliphatic heterocycles. The molecule has 0 aromatic heterocycles. The maximum atomic E-state index is 12.9. The molecule has 3 aliphatic rings. The van der Waals surface area contributed by atoms with Gasteiger partial charge < -0.3 is 10.2 Å². The lowest BCUT2D eigenvalue weighted by Gasteiger charge is -2.50. The number of nitrogens with zero attached hydrogens (tertiary/aromatic N) is 1. The summed E-state index contributed by atoms with van der Waals surface area (Å²) in [5, 5.41) is 2.99. The van der Waals surface area contributed by atoms with Gasteiger partial charge in [-0.15, -0.1) is 0 Å². The van der Waals surface area contributed by atoms with Crippen molar-refractivity contribution in [3.05, 3.63) is 0 Å². The lowest BCUT2D eigenvalue weighted by atomic mass is 9.82. The van der Waals surface area contributed by atoms with Gasteiger partial charge >= 0.3 is 0 Å². The Morgan fingerprint density at radius 3 is 2.47 bits per heavy atom. The molecule has 1 saturated heterocycles. The van der Waals surface area contributed by atoms with Gasteiger partial charge in [0.1, 0.15) is 17.8 Å². The third-order valence-corrected chi connectivity index (χ3v) is 5.17. The number of halogens is 1. The number of carbonyl (C=O) groups is 2. The molecule has 1 N–H and O–H groups in total. The van der Waals surface area contributed by atoms with E-state index in [0.29, 0.717) is 12.8 Å². The first-order valence-electron chi connectivity index (χ1n) is 7.25. The van der Waals surface area contributed by atoms with Crippen LogP contribution in [0, 0.1) is 5.92 Å². The van der Waals surface area contributed by atoms with E-state index in [9.17, 15) is 14.0 Å². The number of alkyl halides is 1. The second-order valence-corrected chi connectivity index (χ2v) is 6.31. The van der Waals surface area contributed by atoms with Gasteiger partial charge in [-0.2, -0.15) is 0 Å². The van der Waals surface area contributed by atoms with Crippen LogP contribution in [0.3, 0.4) is 0 Å². The SMILES string of the molecule is CC1(C2CC2)C(=O)NC2(CCCC2)C(=O)N1CCF. The predicted molar refractivity (Wildman–Crippen MR) is 68.2 cm³/mol. The molecular weight excluding hydrogens is 247 g/mol. The Kier molecular flexibility index (Phi) is 2.84. The standard InChI is InChI=1S/C14H21FN2O2/c1-13(10-4-5-10)11(18)16-14(6-2-3-7-14)12(19)17(13)9-8-15/h10H,2-9H2,1H3,(H,16,18). The average Bonchev–Trinajstić information content (AvgIpc) is 3.14. The van der Waals surface area contributed by atoms with Crippen molar-refractivity contribution in [2.24, 2.45) is 5.92 Å². The van der Waals surface area contributed by atoms with E-state index >= 15 is 0 Å². The molecule has 2 aliphatic carbocycles. The molecule has 3 rings (SSSR count). The minimum atomic E-state index is -0.836. The number of hydrogen-bond acceptors (Lipinski definition) is 2. The smallest absolute Gasteiger partial charge is 0.249 e. The van der Waals surface area contributed by atoms with Crippen LogP contribution < -0.4 is 5.32 Å². The van der Waals surface area contributed by atoms with E-state index in [2.05, 4.69) is 5.32 Å². The molecular formula is C14H21FN2O2. The lowest BCUT2D eigenvalue weighted by molar-refractivity contribution is -0.164. The summed E-state index contributed by atoms with van der Waals surface area (Å²) in [7, 11) is 0. The van der Waals surface area contributed by atoms with E-state index in [1.807, 2.05) is 0 Å². The highest BCUT2D eigenvalue weighted by molar-refractivity contribution is 6.02. The number of nitrogens with one attached hydrogen (secondary N) is 1. The molecule has 2 saturated carbocycles. The summed E-state index contributed by atoms with van der Waals surface area (Å²) in [5.74, 6) is 0.0587. The van der Waals surface area contributed by atoms with Crippen molar-refractivity contribution in [1.29, 1.82) is 0 Å². The van der Waals surface area contributed by atoms with Gasteiger partial charge in [-0.3, -0.25) is 9.59 Å². The zero-order chi connectivity index (χ0) is 13.7. The summed E-state index contributed by atoms with van der Waals surface area (Å²) >= 11 is 0. The molecule has 19 heavy (non-hydrogen) atoms. The number of hydrogen-bond donors (Lipinski definition) is 1. The highest BCUT2D eigenvalue weighted by atomic mass is 19.1. The summed E-state index contributed by atoms with van der Waals surface area (Å²) in [6, 6.07) is 0. The van der Waals surface area contributed by atoms with Crippen LogP contribution in [-0.2, 0) is 9.59 Å². The van der Waals surface area contributed by atoms with E-state index in [0.717, 1.165) is 25.7 Å². The lowest BCUT2D eigenvalue weighted by Crippen LogP contribution is -2.75. The minimum Gasteiger partial charge on any atom is -0.340 e. The Morgan fingerprint density at radius 1 is 1.32 bits per heavy atom. The van der Waals surface area contributed by atoms with Gasteiger partial charge in [-0.25, -0.2) is 4.39 Å². The number of rotatable bonds is 3. The van der Waals surface area contributed by atoms with Crippen molar-refractivity contribution < 1.29 is 14.0 Å². The second kappa shape index (κ2) is 4.18. The molecule has 0 radical (unpaired) electrons. The second-order valence-electron chi connectivity index (χ2n) is 6.31. The Morgan fingerprint density at radius 2 is 1.95 bits per heavy atom. The van der Waals surface area contributed by atoms with E-state index in [4.69, 9.17) is 0 Å². The fourth-order valence-electron chi connectivity index (χ4n) is 3.78. The zero-order valence-electron chi connectivity index (χ0n) is 11.4. The van der Waals surface area contributed by atoms with Gasteiger partial charge in [-0.1, -0.05) is 12.8 Å². The Labute approximate surface area is 112 Å². The highest BCUT2D eigenvalue weighted by Gasteiger charge is 2.61. The van der Waals surface area contributed by atoms with Crippen molar-refractivity contribution in [1.82, 2.24) is 10.2 Å². The van der Waals surface area contributed by atoms with Gasteiger partial charge in [0.05, 0.1) is 6.54 Å². The fourth-order valence-corrected chi connectivity index (χ4v) is 3.78. The van der Waals surface area contributed by atoms with Crippen molar-refractivity contribution in [3.8, 4) is 0 Å². The first-order valence-corrected chi connectivity index (χ1v) is 7.25. The summed E-state index contributed by atoms with van der Waals surface area (Å²) in [5.41, 5.74) is -1.57. The third-order valence-electron chi connectivity index (χ3n) is 5.17. The van der Waals surface area contributed by atoms with Crippen LogP contribution in [-0.4, -0.2) is 41.0 Å². The van der Waals surface area contributed by atoms with E-state index in [1.54, 1.807) is 6.92 Å². The van der Waals surface area contributed by atoms with E-state index < -0.39 is 17.8 Å². The normalized spacial score (nSPS) is 33.9. The summed E-state index contributed by atoms with van der Waals surface area (Å²) < 4.78 is 12.9. The van der Waals surface area contributed by atoms with Crippen molar-refractivity contribution in [3.63, 3.8) is 0 Å². The maximum Gasteiger partial charge on any atom is 0.249 e. The predicted octanol–water partition coefficient (Wildman–Crippen LogP) is 1.40. The maximum absolute atomic E-state index is 12.9. The molecule has 4 nitrogen and oxygen atoms in total. The van der Waals surface area contributed by atoms with Crippen LogP contribution in [0.15, 0.2) is 0 Å². The molecule has 106 valence electrons. The summed E-state index contributed by atoms with van der Waals surface area (Å²) in [6.07, 6.45) is 5.20. The van der Waals surface area contributed by atoms with Gasteiger partial charge in [0.25, 0.3) is 0 Å². The Bertz CT molecular complexity index is 416. The molecule has 3 fully saturated rings. The first-order chi connectivity index (χ1) is 9.04. The van der Waals surface area contributed by atoms with Crippen LogP contribution in [0.4, 0.5) is 4.39 Å². The molecule has 1 spiro atoms. The number of piperazine rings is 1. The number of carbonyl (C=O) groups excluding carboxylic acids is 2. The van der Waals surface area contributed by atoms with Gasteiger partial charge in [0.2, 0.25) is 11.8 Å². The quantitative estimate of drug-likeness (QED) is 0.841. The van der Waals surface area contributed by atoms with E-state index in [-0.39, 0.29) is 24.3 Å². The Balaban J connectivity index is 1.96. The molecule has 2 amide bonds. The third kappa shape index (κ3) is 1.70. The largest absolute Gasteiger partial charge is 0.340 e. The van der Waals surface area contributed by atoms with Crippen LogP contribution in [0.1, 0.15) is 45.4 Å². The topological polar surface area (TPSA) is 49.4 Å². The molecule has 5 heteroatoms. The fraction of sp³-hybridized carbons (Fsp3) is 0.857. The molecule has 0 aromatic carbocycles. The highest BCUT2D eigenvalue weighted by Crippen LogP contribution is 2.47.